The van der Waals surface area contributed by atoms with E-state index in [0.29, 0.717) is 0 Å². The zero-order valence-corrected chi connectivity index (χ0v) is 28.5. The Kier molecular flexibility index (Phi) is 6.23. The fourth-order valence-corrected chi connectivity index (χ4v) is 9.29. The SMILES string of the molecule is c1ccc(C2(c3ccccc3)c3ccccc3-c3c(-c4ccc5cc(-n6c7ccccc7c7ccccc76)ccc5c4)cc4ccccc4c32)cc1. The van der Waals surface area contributed by atoms with Gasteiger partial charge in [0.05, 0.1) is 16.4 Å². The van der Waals surface area contributed by atoms with Gasteiger partial charge in [0.15, 0.2) is 0 Å². The molecule has 0 saturated heterocycles. The van der Waals surface area contributed by atoms with Gasteiger partial charge in [-0.3, -0.25) is 0 Å². The van der Waals surface area contributed by atoms with Crippen molar-refractivity contribution in [3.63, 3.8) is 0 Å². The van der Waals surface area contributed by atoms with Crippen LogP contribution in [-0.4, -0.2) is 4.57 Å². The van der Waals surface area contributed by atoms with Gasteiger partial charge in [-0.25, -0.2) is 0 Å². The van der Waals surface area contributed by atoms with E-state index in [1.807, 2.05) is 0 Å². The van der Waals surface area contributed by atoms with E-state index in [2.05, 4.69) is 205 Å². The molecule has 242 valence electrons. The van der Waals surface area contributed by atoms with Gasteiger partial charge in [0.2, 0.25) is 0 Å². The molecule has 0 amide bonds. The fourth-order valence-electron chi connectivity index (χ4n) is 9.29. The molecule has 9 aromatic carbocycles. The van der Waals surface area contributed by atoms with Gasteiger partial charge < -0.3 is 4.57 Å². The average Bonchev–Trinajstić information content (AvgIpc) is 3.73. The third kappa shape index (κ3) is 3.99. The van der Waals surface area contributed by atoms with Crippen molar-refractivity contribution in [1.29, 1.82) is 0 Å². The van der Waals surface area contributed by atoms with Crippen molar-refractivity contribution in [3.05, 3.63) is 222 Å². The second-order valence-corrected chi connectivity index (χ2v) is 14.0. The van der Waals surface area contributed by atoms with Crippen molar-refractivity contribution in [2.75, 3.05) is 0 Å². The molecule has 1 heterocycles. The summed E-state index contributed by atoms with van der Waals surface area (Å²) in [5, 5.41) is 7.56. The second-order valence-electron chi connectivity index (χ2n) is 14.0. The molecule has 1 heteroatoms. The lowest BCUT2D eigenvalue weighted by molar-refractivity contribution is 0.775. The molecule has 11 rings (SSSR count). The molecule has 1 aromatic heterocycles. The molecule has 10 aromatic rings. The van der Waals surface area contributed by atoms with Crippen LogP contribution in [0.15, 0.2) is 200 Å². The molecule has 0 saturated carbocycles. The minimum atomic E-state index is -0.474. The van der Waals surface area contributed by atoms with Gasteiger partial charge in [-0.2, -0.15) is 0 Å². The summed E-state index contributed by atoms with van der Waals surface area (Å²) in [5.74, 6) is 0. The van der Waals surface area contributed by atoms with Gasteiger partial charge in [-0.05, 0) is 102 Å². The highest BCUT2D eigenvalue weighted by Crippen LogP contribution is 2.60. The lowest BCUT2D eigenvalue weighted by Crippen LogP contribution is -2.28. The van der Waals surface area contributed by atoms with Crippen LogP contribution in [0.4, 0.5) is 0 Å². The molecule has 0 fully saturated rings. The van der Waals surface area contributed by atoms with E-state index in [1.165, 1.54) is 93.5 Å². The minimum Gasteiger partial charge on any atom is -0.309 e. The monoisotopic (exact) mass is 659 g/mol. The van der Waals surface area contributed by atoms with Crippen LogP contribution in [0.2, 0.25) is 0 Å². The number of nitrogens with zero attached hydrogens (tertiary/aromatic N) is 1. The van der Waals surface area contributed by atoms with Gasteiger partial charge in [0.25, 0.3) is 0 Å². The van der Waals surface area contributed by atoms with E-state index >= 15 is 0 Å². The van der Waals surface area contributed by atoms with E-state index in [1.54, 1.807) is 0 Å². The third-order valence-electron chi connectivity index (χ3n) is 11.4. The Morgan fingerprint density at radius 2 is 0.923 bits per heavy atom. The smallest absolute Gasteiger partial charge is 0.0719 e. The highest BCUT2D eigenvalue weighted by atomic mass is 15.0. The number of fused-ring (bicyclic) bond motifs is 9. The van der Waals surface area contributed by atoms with Gasteiger partial charge in [0.1, 0.15) is 0 Å². The molecule has 0 unspecified atom stereocenters. The predicted molar refractivity (Wildman–Crippen MR) is 219 cm³/mol. The summed E-state index contributed by atoms with van der Waals surface area (Å²) in [5.41, 5.74) is 13.5. The second kappa shape index (κ2) is 11.2. The van der Waals surface area contributed by atoms with Crippen LogP contribution in [0, 0.1) is 0 Å². The summed E-state index contributed by atoms with van der Waals surface area (Å²) in [7, 11) is 0. The van der Waals surface area contributed by atoms with Crippen LogP contribution in [-0.2, 0) is 5.41 Å². The first-order valence-electron chi connectivity index (χ1n) is 18.1. The van der Waals surface area contributed by atoms with Crippen molar-refractivity contribution in [2.45, 2.75) is 5.41 Å². The zero-order valence-electron chi connectivity index (χ0n) is 28.5. The molecule has 0 bridgehead atoms. The van der Waals surface area contributed by atoms with Crippen LogP contribution in [0.25, 0.3) is 71.3 Å². The number of hydrogen-bond donors (Lipinski definition) is 0. The Labute approximate surface area is 302 Å². The maximum absolute atomic E-state index is 2.42. The fraction of sp³-hybridized carbons (Fsp3) is 0.0196. The molecular weight excluding hydrogens is 627 g/mol. The van der Waals surface area contributed by atoms with Crippen molar-refractivity contribution < 1.29 is 0 Å². The Bertz CT molecular complexity index is 2910. The lowest BCUT2D eigenvalue weighted by atomic mass is 9.66. The molecule has 0 spiro atoms. The summed E-state index contributed by atoms with van der Waals surface area (Å²) >= 11 is 0. The van der Waals surface area contributed by atoms with Crippen LogP contribution >= 0.6 is 0 Å². The molecule has 0 radical (unpaired) electrons. The Morgan fingerprint density at radius 1 is 0.365 bits per heavy atom. The van der Waals surface area contributed by atoms with Gasteiger partial charge in [-0.15, -0.1) is 0 Å². The van der Waals surface area contributed by atoms with Crippen LogP contribution < -0.4 is 0 Å². The Morgan fingerprint density at radius 3 is 1.63 bits per heavy atom. The molecule has 0 aliphatic heterocycles. The Hall–Kier alpha value is -6.70. The highest BCUT2D eigenvalue weighted by Gasteiger charge is 2.48. The first-order valence-corrected chi connectivity index (χ1v) is 18.1. The van der Waals surface area contributed by atoms with Gasteiger partial charge in [-0.1, -0.05) is 164 Å². The first-order chi connectivity index (χ1) is 25.8. The standard InChI is InChI=1S/C51H33N/c1-3-16-38(17-4-1)51(39-18-5-2-6-19-39)46-24-12-9-23-44(46)49-45(33-36-15-7-8-20-41(36)50(49)51)37-28-27-35-32-40(30-29-34(35)31-37)52-47-25-13-10-21-42(47)43-22-11-14-26-48(43)52/h1-33H. The van der Waals surface area contributed by atoms with Crippen LogP contribution in [0.5, 0.6) is 0 Å². The molecule has 1 aliphatic carbocycles. The Balaban J connectivity index is 1.17. The predicted octanol–water partition coefficient (Wildman–Crippen LogP) is 13.1. The normalized spacial score (nSPS) is 13.2. The number of para-hydroxylation sites is 2. The molecule has 1 nitrogen and oxygen atoms in total. The third-order valence-corrected chi connectivity index (χ3v) is 11.4. The number of aromatic nitrogens is 1. The summed E-state index contributed by atoms with van der Waals surface area (Å²) in [6.07, 6.45) is 0. The minimum absolute atomic E-state index is 0.474. The summed E-state index contributed by atoms with van der Waals surface area (Å²) in [6, 6.07) is 74.1. The van der Waals surface area contributed by atoms with E-state index in [0.717, 1.165) is 0 Å². The zero-order chi connectivity index (χ0) is 34.2. The summed E-state index contributed by atoms with van der Waals surface area (Å²) < 4.78 is 2.40. The summed E-state index contributed by atoms with van der Waals surface area (Å²) in [4.78, 5) is 0. The topological polar surface area (TPSA) is 4.93 Å². The van der Waals surface area contributed by atoms with Crippen molar-refractivity contribution in [1.82, 2.24) is 4.57 Å². The number of rotatable bonds is 4. The van der Waals surface area contributed by atoms with Gasteiger partial charge in [0, 0.05) is 16.5 Å². The molecule has 0 atom stereocenters. The number of hydrogen-bond acceptors (Lipinski definition) is 0. The quantitative estimate of drug-likeness (QED) is 0.177. The average molecular weight is 660 g/mol. The van der Waals surface area contributed by atoms with E-state index in [9.17, 15) is 0 Å². The maximum atomic E-state index is 2.42. The number of benzene rings is 9. The highest BCUT2D eigenvalue weighted by molar-refractivity contribution is 6.10. The molecule has 0 N–H and O–H groups in total. The van der Waals surface area contributed by atoms with Crippen molar-refractivity contribution in [2.24, 2.45) is 0 Å². The molecular formula is C51H33N. The van der Waals surface area contributed by atoms with E-state index < -0.39 is 5.41 Å². The maximum Gasteiger partial charge on any atom is 0.0719 e. The van der Waals surface area contributed by atoms with Crippen LogP contribution in [0.3, 0.4) is 0 Å². The lowest BCUT2D eigenvalue weighted by Gasteiger charge is -2.35. The summed E-state index contributed by atoms with van der Waals surface area (Å²) in [6.45, 7) is 0. The van der Waals surface area contributed by atoms with Crippen LogP contribution in [0.1, 0.15) is 22.3 Å². The first kappa shape index (κ1) is 29.1. The largest absolute Gasteiger partial charge is 0.309 e. The van der Waals surface area contributed by atoms with Crippen molar-refractivity contribution in [3.8, 4) is 27.9 Å². The van der Waals surface area contributed by atoms with E-state index in [4.69, 9.17) is 0 Å². The molecule has 52 heavy (non-hydrogen) atoms. The van der Waals surface area contributed by atoms with Gasteiger partial charge >= 0.3 is 0 Å². The van der Waals surface area contributed by atoms with E-state index in [-0.39, 0.29) is 0 Å². The molecule has 1 aliphatic rings. The van der Waals surface area contributed by atoms with Crippen molar-refractivity contribution >= 4 is 43.4 Å².